The van der Waals surface area contributed by atoms with E-state index in [1.807, 2.05) is 36.7 Å². The Balaban J connectivity index is 1.78. The molecule has 0 saturated heterocycles. The van der Waals surface area contributed by atoms with E-state index in [1.54, 1.807) is 11.8 Å². The monoisotopic (exact) mass is 290 g/mol. The Morgan fingerprint density at radius 2 is 2.00 bits per heavy atom. The Morgan fingerprint density at radius 3 is 2.74 bits per heavy atom. The maximum atomic E-state index is 6.11. The smallest absolute Gasteiger partial charge is 0.0417 e. The number of hydrogen-bond donors (Lipinski definition) is 1. The third-order valence-electron chi connectivity index (χ3n) is 3.07. The van der Waals surface area contributed by atoms with Gasteiger partial charge in [0.2, 0.25) is 0 Å². The van der Waals surface area contributed by atoms with Gasteiger partial charge < -0.3 is 5.32 Å². The molecule has 1 saturated carbocycles. The van der Waals surface area contributed by atoms with E-state index in [0.29, 0.717) is 0 Å². The molecule has 0 radical (unpaired) electrons. The fourth-order valence-corrected chi connectivity index (χ4v) is 3.05. The number of aromatic nitrogens is 1. The average molecular weight is 291 g/mol. The summed E-state index contributed by atoms with van der Waals surface area (Å²) in [5.74, 6) is 0. The number of pyridine rings is 1. The van der Waals surface area contributed by atoms with Crippen molar-refractivity contribution in [3.8, 4) is 0 Å². The minimum Gasteiger partial charge on any atom is -0.310 e. The SMILES string of the molecule is Clc1ccc(CNC2CC2)c(Sc2ccncc2)c1. The normalized spacial score (nSPS) is 14.6. The van der Waals surface area contributed by atoms with Gasteiger partial charge in [0.05, 0.1) is 0 Å². The van der Waals surface area contributed by atoms with E-state index in [0.717, 1.165) is 17.6 Å². The molecule has 98 valence electrons. The second-order valence-electron chi connectivity index (χ2n) is 4.69. The van der Waals surface area contributed by atoms with Crippen molar-refractivity contribution in [2.75, 3.05) is 0 Å². The molecule has 2 aromatic rings. The molecule has 2 nitrogen and oxygen atoms in total. The van der Waals surface area contributed by atoms with Crippen molar-refractivity contribution in [3.63, 3.8) is 0 Å². The highest BCUT2D eigenvalue weighted by Gasteiger charge is 2.20. The van der Waals surface area contributed by atoms with Crippen LogP contribution in [0.3, 0.4) is 0 Å². The quantitative estimate of drug-likeness (QED) is 0.896. The van der Waals surface area contributed by atoms with Crippen LogP contribution in [-0.2, 0) is 6.54 Å². The summed E-state index contributed by atoms with van der Waals surface area (Å²) in [7, 11) is 0. The van der Waals surface area contributed by atoms with Gasteiger partial charge in [-0.15, -0.1) is 0 Å². The first-order valence-electron chi connectivity index (χ1n) is 6.41. The Labute approximate surface area is 122 Å². The van der Waals surface area contributed by atoms with Crippen molar-refractivity contribution in [3.05, 3.63) is 53.3 Å². The van der Waals surface area contributed by atoms with Crippen LogP contribution in [0, 0.1) is 0 Å². The molecule has 1 aliphatic rings. The van der Waals surface area contributed by atoms with Gasteiger partial charge in [0.15, 0.2) is 0 Å². The summed E-state index contributed by atoms with van der Waals surface area (Å²) >= 11 is 7.85. The Kier molecular flexibility index (Phi) is 4.06. The van der Waals surface area contributed by atoms with Crippen molar-refractivity contribution in [2.45, 2.75) is 35.2 Å². The lowest BCUT2D eigenvalue weighted by Gasteiger charge is -2.10. The summed E-state index contributed by atoms with van der Waals surface area (Å²) in [6.45, 7) is 0.912. The predicted octanol–water partition coefficient (Wildman–Crippen LogP) is 4.14. The third kappa shape index (κ3) is 3.72. The van der Waals surface area contributed by atoms with E-state index in [1.165, 1.54) is 28.2 Å². The standard InChI is InChI=1S/C15H15ClN2S/c16-12-2-1-11(10-18-13-3-4-13)15(9-12)19-14-5-7-17-8-6-14/h1-2,5-9,13,18H,3-4,10H2. The van der Waals surface area contributed by atoms with Crippen LogP contribution in [0.5, 0.6) is 0 Å². The number of nitrogens with one attached hydrogen (secondary N) is 1. The lowest BCUT2D eigenvalue weighted by molar-refractivity contribution is 0.680. The van der Waals surface area contributed by atoms with Crippen LogP contribution in [0.25, 0.3) is 0 Å². The van der Waals surface area contributed by atoms with E-state index in [-0.39, 0.29) is 0 Å². The van der Waals surface area contributed by atoms with Gasteiger partial charge in [0, 0.05) is 39.8 Å². The van der Waals surface area contributed by atoms with E-state index in [9.17, 15) is 0 Å². The first-order valence-corrected chi connectivity index (χ1v) is 7.60. The van der Waals surface area contributed by atoms with Crippen LogP contribution < -0.4 is 5.32 Å². The van der Waals surface area contributed by atoms with Crippen LogP contribution in [0.15, 0.2) is 52.5 Å². The molecule has 0 aliphatic heterocycles. The lowest BCUT2D eigenvalue weighted by Crippen LogP contribution is -2.15. The van der Waals surface area contributed by atoms with E-state index < -0.39 is 0 Å². The molecule has 3 rings (SSSR count). The van der Waals surface area contributed by atoms with Gasteiger partial charge >= 0.3 is 0 Å². The van der Waals surface area contributed by atoms with Gasteiger partial charge in [-0.1, -0.05) is 29.4 Å². The number of nitrogens with zero attached hydrogens (tertiary/aromatic N) is 1. The Hall–Kier alpha value is -1.03. The summed E-state index contributed by atoms with van der Waals surface area (Å²) < 4.78 is 0. The van der Waals surface area contributed by atoms with E-state index >= 15 is 0 Å². The predicted molar refractivity (Wildman–Crippen MR) is 79.7 cm³/mol. The van der Waals surface area contributed by atoms with Crippen LogP contribution in [0.4, 0.5) is 0 Å². The van der Waals surface area contributed by atoms with Gasteiger partial charge in [-0.3, -0.25) is 4.98 Å². The van der Waals surface area contributed by atoms with Crippen molar-refractivity contribution in [1.29, 1.82) is 0 Å². The highest BCUT2D eigenvalue weighted by molar-refractivity contribution is 7.99. The Morgan fingerprint density at radius 1 is 1.21 bits per heavy atom. The first kappa shape index (κ1) is 13.0. The zero-order valence-corrected chi connectivity index (χ0v) is 12.0. The summed E-state index contributed by atoms with van der Waals surface area (Å²) in [5.41, 5.74) is 1.30. The minimum absolute atomic E-state index is 0.717. The van der Waals surface area contributed by atoms with Gasteiger partial charge in [-0.25, -0.2) is 0 Å². The van der Waals surface area contributed by atoms with Crippen molar-refractivity contribution >= 4 is 23.4 Å². The molecule has 0 unspecified atom stereocenters. The molecular weight excluding hydrogens is 276 g/mol. The molecule has 1 aliphatic carbocycles. The zero-order valence-electron chi connectivity index (χ0n) is 10.5. The number of rotatable bonds is 5. The highest BCUT2D eigenvalue weighted by atomic mass is 35.5. The zero-order chi connectivity index (χ0) is 13.1. The van der Waals surface area contributed by atoms with Crippen molar-refractivity contribution < 1.29 is 0 Å². The molecule has 4 heteroatoms. The van der Waals surface area contributed by atoms with Gasteiger partial charge in [0.25, 0.3) is 0 Å². The summed E-state index contributed by atoms with van der Waals surface area (Å²) in [6, 6.07) is 10.9. The molecule has 0 spiro atoms. The highest BCUT2D eigenvalue weighted by Crippen LogP contribution is 2.32. The van der Waals surface area contributed by atoms with Crippen molar-refractivity contribution in [1.82, 2.24) is 10.3 Å². The lowest BCUT2D eigenvalue weighted by atomic mass is 10.2. The van der Waals surface area contributed by atoms with Crippen molar-refractivity contribution in [2.24, 2.45) is 0 Å². The molecule has 0 amide bonds. The van der Waals surface area contributed by atoms with Gasteiger partial charge in [-0.05, 0) is 42.7 Å². The molecular formula is C15H15ClN2S. The van der Waals surface area contributed by atoms with Gasteiger partial charge in [0.1, 0.15) is 0 Å². The number of halogens is 1. The summed E-state index contributed by atoms with van der Waals surface area (Å²) in [4.78, 5) is 6.44. The molecule has 19 heavy (non-hydrogen) atoms. The molecule has 1 heterocycles. The van der Waals surface area contributed by atoms with Crippen LogP contribution in [0.1, 0.15) is 18.4 Å². The number of hydrogen-bond acceptors (Lipinski definition) is 3. The van der Waals surface area contributed by atoms with Gasteiger partial charge in [-0.2, -0.15) is 0 Å². The second-order valence-corrected chi connectivity index (χ2v) is 6.24. The molecule has 1 N–H and O–H groups in total. The fraction of sp³-hybridized carbons (Fsp3) is 0.267. The van der Waals surface area contributed by atoms with Crippen LogP contribution in [-0.4, -0.2) is 11.0 Å². The average Bonchev–Trinajstić information content (AvgIpc) is 3.23. The topological polar surface area (TPSA) is 24.9 Å². The van der Waals surface area contributed by atoms with Crippen LogP contribution >= 0.6 is 23.4 Å². The minimum atomic E-state index is 0.717. The molecule has 1 aromatic carbocycles. The third-order valence-corrected chi connectivity index (χ3v) is 4.41. The maximum absolute atomic E-state index is 6.11. The summed E-state index contributed by atoms with van der Waals surface area (Å²) in [5, 5.41) is 4.33. The molecule has 0 atom stereocenters. The summed E-state index contributed by atoms with van der Waals surface area (Å²) in [6.07, 6.45) is 6.24. The maximum Gasteiger partial charge on any atom is 0.0417 e. The molecule has 1 aromatic heterocycles. The fourth-order valence-electron chi connectivity index (χ4n) is 1.84. The van der Waals surface area contributed by atoms with E-state index in [2.05, 4.69) is 16.4 Å². The van der Waals surface area contributed by atoms with E-state index in [4.69, 9.17) is 11.6 Å². The first-order chi connectivity index (χ1) is 9.31. The second kappa shape index (κ2) is 5.95. The van der Waals surface area contributed by atoms with Crippen LogP contribution in [0.2, 0.25) is 5.02 Å². The largest absolute Gasteiger partial charge is 0.310 e. The molecule has 0 bridgehead atoms. The molecule has 1 fully saturated rings. The number of benzene rings is 1. The Bertz CT molecular complexity index is 555.